The van der Waals surface area contributed by atoms with Crippen molar-refractivity contribution in [2.45, 2.75) is 31.2 Å². The van der Waals surface area contributed by atoms with E-state index >= 15 is 0 Å². The van der Waals surface area contributed by atoms with Gasteiger partial charge in [-0.15, -0.1) is 0 Å². The van der Waals surface area contributed by atoms with E-state index in [2.05, 4.69) is 15.7 Å². The van der Waals surface area contributed by atoms with Crippen molar-refractivity contribution in [2.75, 3.05) is 19.2 Å². The highest BCUT2D eigenvalue weighted by Crippen LogP contribution is 2.43. The van der Waals surface area contributed by atoms with Crippen LogP contribution in [-0.4, -0.2) is 35.8 Å². The van der Waals surface area contributed by atoms with Crippen LogP contribution in [0, 0.1) is 0 Å². The van der Waals surface area contributed by atoms with Gasteiger partial charge in [-0.25, -0.2) is 4.68 Å². The van der Waals surface area contributed by atoms with Crippen molar-refractivity contribution < 1.29 is 32.2 Å². The molecule has 0 spiro atoms. The fraction of sp³-hybridized carbons (Fsp3) is 0.304. The Morgan fingerprint density at radius 3 is 2.68 bits per heavy atom. The third-order valence-corrected chi connectivity index (χ3v) is 5.83. The maximum atomic E-state index is 13.9. The molecule has 3 aromatic rings. The Balaban J connectivity index is 1.35. The lowest BCUT2D eigenvalue weighted by Gasteiger charge is -2.33. The van der Waals surface area contributed by atoms with Gasteiger partial charge in [0.05, 0.1) is 13.2 Å². The average Bonchev–Trinajstić information content (AvgIpc) is 3.47. The van der Waals surface area contributed by atoms with Gasteiger partial charge in [-0.05, 0) is 35.4 Å². The summed E-state index contributed by atoms with van der Waals surface area (Å²) >= 11 is 0. The van der Waals surface area contributed by atoms with E-state index in [0.29, 0.717) is 22.8 Å². The van der Waals surface area contributed by atoms with Gasteiger partial charge >= 0.3 is 6.18 Å². The fourth-order valence-electron chi connectivity index (χ4n) is 4.06. The molecule has 1 amide bonds. The van der Waals surface area contributed by atoms with Crippen molar-refractivity contribution in [1.29, 1.82) is 0 Å². The molecule has 2 N–H and O–H groups in total. The predicted molar refractivity (Wildman–Crippen MR) is 115 cm³/mol. The van der Waals surface area contributed by atoms with Crippen molar-refractivity contribution in [2.24, 2.45) is 0 Å². The molecular weight excluding hydrogens is 453 g/mol. The van der Waals surface area contributed by atoms with E-state index in [-0.39, 0.29) is 31.3 Å². The minimum atomic E-state index is -4.53. The summed E-state index contributed by atoms with van der Waals surface area (Å²) in [5.74, 6) is 1.35. The number of nitrogens with zero attached hydrogens (tertiary/aromatic N) is 2. The Bertz CT molecular complexity index is 1210. The van der Waals surface area contributed by atoms with Gasteiger partial charge in [-0.3, -0.25) is 4.79 Å². The molecule has 0 fully saturated rings. The van der Waals surface area contributed by atoms with E-state index < -0.39 is 24.2 Å². The number of rotatable bonds is 5. The molecule has 2 aliphatic rings. The molecule has 34 heavy (non-hydrogen) atoms. The first-order valence-corrected chi connectivity index (χ1v) is 10.6. The molecule has 0 saturated heterocycles. The van der Waals surface area contributed by atoms with E-state index in [9.17, 15) is 18.0 Å². The van der Waals surface area contributed by atoms with Gasteiger partial charge in [0, 0.05) is 19.0 Å². The van der Waals surface area contributed by atoms with Gasteiger partial charge in [0.25, 0.3) is 5.91 Å². The lowest BCUT2D eigenvalue weighted by Crippen LogP contribution is -2.35. The zero-order valence-electron chi connectivity index (χ0n) is 18.1. The number of carbonyl (C=O) groups is 1. The molecule has 1 aromatic heterocycles. The number of nitrogens with one attached hydrogen (secondary N) is 2. The van der Waals surface area contributed by atoms with Crippen LogP contribution in [0.1, 0.15) is 40.1 Å². The quantitative estimate of drug-likeness (QED) is 0.576. The molecule has 0 bridgehead atoms. The van der Waals surface area contributed by atoms with Crippen LogP contribution in [0.15, 0.2) is 48.5 Å². The van der Waals surface area contributed by atoms with Crippen LogP contribution in [0.2, 0.25) is 0 Å². The summed E-state index contributed by atoms with van der Waals surface area (Å²) in [7, 11) is 1.52. The maximum Gasteiger partial charge on any atom is 0.410 e. The van der Waals surface area contributed by atoms with Crippen LogP contribution in [-0.2, 0) is 6.54 Å². The number of carbonyl (C=O) groups excluding carboxylic acids is 1. The zero-order valence-corrected chi connectivity index (χ0v) is 18.1. The molecule has 178 valence electrons. The second kappa shape index (κ2) is 8.47. The minimum absolute atomic E-state index is 0.104. The highest BCUT2D eigenvalue weighted by Gasteiger charge is 2.46. The standard InChI is InChI=1S/C23H21F3N4O4/c1-32-15-5-3-14(4-6-15)16-9-20(23(24,25)26)30-21(28-16)10-17(29-30)22(31)27-11-13-2-7-18-19(8-13)34-12-33-18/h2-8,10,16,20,28H,9,11-12H2,1H3,(H,27,31)/t16-,20+/m1/s1. The normalized spacial score (nSPS) is 18.7. The maximum absolute atomic E-state index is 13.9. The van der Waals surface area contributed by atoms with Crippen molar-refractivity contribution in [3.8, 4) is 17.2 Å². The number of halogens is 3. The molecule has 0 unspecified atom stereocenters. The first-order chi connectivity index (χ1) is 16.3. The number of ether oxygens (including phenoxy) is 3. The van der Waals surface area contributed by atoms with Crippen LogP contribution >= 0.6 is 0 Å². The zero-order chi connectivity index (χ0) is 23.9. The molecule has 5 rings (SSSR count). The van der Waals surface area contributed by atoms with Gasteiger partial charge in [0.2, 0.25) is 6.79 Å². The molecule has 2 atom stereocenters. The summed E-state index contributed by atoms with van der Waals surface area (Å²) < 4.78 is 58.2. The van der Waals surface area contributed by atoms with Crippen molar-refractivity contribution in [3.63, 3.8) is 0 Å². The van der Waals surface area contributed by atoms with Crippen molar-refractivity contribution in [1.82, 2.24) is 15.1 Å². The van der Waals surface area contributed by atoms with Crippen LogP contribution in [0.5, 0.6) is 17.2 Å². The molecule has 8 nitrogen and oxygen atoms in total. The van der Waals surface area contributed by atoms with Crippen LogP contribution in [0.4, 0.5) is 19.0 Å². The number of anilines is 1. The van der Waals surface area contributed by atoms with Crippen LogP contribution in [0.3, 0.4) is 0 Å². The van der Waals surface area contributed by atoms with Crippen molar-refractivity contribution in [3.05, 3.63) is 65.4 Å². The van der Waals surface area contributed by atoms with Crippen molar-refractivity contribution >= 4 is 11.7 Å². The fourth-order valence-corrected chi connectivity index (χ4v) is 4.06. The van der Waals surface area contributed by atoms with E-state index in [0.717, 1.165) is 10.2 Å². The number of aromatic nitrogens is 2. The second-order valence-corrected chi connectivity index (χ2v) is 7.99. The summed E-state index contributed by atoms with van der Waals surface area (Å²) in [5, 5.41) is 9.75. The molecule has 0 saturated carbocycles. The topological polar surface area (TPSA) is 86.6 Å². The summed E-state index contributed by atoms with van der Waals surface area (Å²) in [6.07, 6.45) is -4.80. The first kappa shape index (κ1) is 21.9. The van der Waals surface area contributed by atoms with Gasteiger partial charge < -0.3 is 24.8 Å². The highest BCUT2D eigenvalue weighted by molar-refractivity contribution is 5.93. The summed E-state index contributed by atoms with van der Waals surface area (Å²) in [5.41, 5.74) is 1.33. The highest BCUT2D eigenvalue weighted by atomic mass is 19.4. The Morgan fingerprint density at radius 2 is 1.94 bits per heavy atom. The largest absolute Gasteiger partial charge is 0.497 e. The molecule has 2 aromatic carbocycles. The smallest absolute Gasteiger partial charge is 0.410 e. The number of alkyl halides is 3. The van der Waals surface area contributed by atoms with E-state index in [4.69, 9.17) is 14.2 Å². The Hall–Kier alpha value is -3.89. The van der Waals surface area contributed by atoms with Gasteiger partial charge in [0.15, 0.2) is 23.2 Å². The Morgan fingerprint density at radius 1 is 1.18 bits per heavy atom. The monoisotopic (exact) mass is 474 g/mol. The van der Waals surface area contributed by atoms with Gasteiger partial charge in [0.1, 0.15) is 11.6 Å². The van der Waals surface area contributed by atoms with Crippen LogP contribution in [0.25, 0.3) is 0 Å². The van der Waals surface area contributed by atoms with Gasteiger partial charge in [-0.2, -0.15) is 18.3 Å². The number of methoxy groups -OCH3 is 1. The lowest BCUT2D eigenvalue weighted by molar-refractivity contribution is -0.173. The van der Waals surface area contributed by atoms with Crippen LogP contribution < -0.4 is 24.8 Å². The molecule has 2 aliphatic heterocycles. The predicted octanol–water partition coefficient (Wildman–Crippen LogP) is 4.21. The SMILES string of the molecule is COc1ccc([C@H]2C[C@@H](C(F)(F)F)n3nc(C(=O)NCc4ccc5c(c4)OCO5)cc3N2)cc1. The van der Waals surface area contributed by atoms with Gasteiger partial charge in [-0.1, -0.05) is 18.2 Å². The molecule has 11 heteroatoms. The van der Waals surface area contributed by atoms with E-state index in [1.807, 2.05) is 0 Å². The summed E-state index contributed by atoms with van der Waals surface area (Å²) in [4.78, 5) is 12.7. The number of hydrogen-bond donors (Lipinski definition) is 2. The molecule has 3 heterocycles. The number of fused-ring (bicyclic) bond motifs is 2. The first-order valence-electron chi connectivity index (χ1n) is 10.6. The second-order valence-electron chi connectivity index (χ2n) is 7.99. The number of amides is 1. The lowest BCUT2D eigenvalue weighted by atomic mass is 9.97. The Kier molecular flexibility index (Phi) is 5.46. The average molecular weight is 474 g/mol. The Labute approximate surface area is 192 Å². The molecule has 0 radical (unpaired) electrons. The summed E-state index contributed by atoms with van der Waals surface area (Å²) in [6.45, 7) is 0.290. The number of benzene rings is 2. The number of hydrogen-bond acceptors (Lipinski definition) is 6. The molecule has 0 aliphatic carbocycles. The minimum Gasteiger partial charge on any atom is -0.497 e. The van der Waals surface area contributed by atoms with E-state index in [1.165, 1.54) is 13.2 Å². The molecular formula is C23H21F3N4O4. The summed E-state index contributed by atoms with van der Waals surface area (Å²) in [6, 6.07) is 10.9. The van der Waals surface area contributed by atoms with E-state index in [1.54, 1.807) is 42.5 Å². The third kappa shape index (κ3) is 4.20. The third-order valence-electron chi connectivity index (χ3n) is 5.83.